The zero-order chi connectivity index (χ0) is 15.6. The molecule has 0 atom stereocenters. The van der Waals surface area contributed by atoms with Crippen LogP contribution in [0.3, 0.4) is 0 Å². The molecule has 10 heteroatoms. The summed E-state index contributed by atoms with van der Waals surface area (Å²) in [6, 6.07) is 7.26. The fraction of sp³-hybridized carbons (Fsp3) is 0. The first-order valence-electron chi connectivity index (χ1n) is 5.39. The van der Waals surface area contributed by atoms with Crippen molar-refractivity contribution in [2.75, 3.05) is 4.72 Å². The molecule has 4 N–H and O–H groups in total. The Labute approximate surface area is 134 Å². The van der Waals surface area contributed by atoms with E-state index in [0.29, 0.717) is 11.3 Å². The highest BCUT2D eigenvalue weighted by Crippen LogP contribution is 2.35. The Kier molecular flexibility index (Phi) is 4.62. The number of halogens is 2. The van der Waals surface area contributed by atoms with Gasteiger partial charge >= 0.3 is 0 Å². The molecular formula is C11H9Cl2N3O3S2. The second-order valence-electron chi connectivity index (χ2n) is 3.86. The Balaban J connectivity index is 2.27. The summed E-state index contributed by atoms with van der Waals surface area (Å²) in [6.07, 6.45) is 0. The third-order valence-corrected chi connectivity index (χ3v) is 5.59. The van der Waals surface area contributed by atoms with E-state index in [0.717, 1.165) is 11.3 Å². The summed E-state index contributed by atoms with van der Waals surface area (Å²) in [5, 5.41) is 11.4. The summed E-state index contributed by atoms with van der Waals surface area (Å²) < 4.78 is 27.1. The highest BCUT2D eigenvalue weighted by atomic mass is 35.5. The van der Waals surface area contributed by atoms with Gasteiger partial charge in [0.25, 0.3) is 10.0 Å². The first-order chi connectivity index (χ1) is 9.83. The van der Waals surface area contributed by atoms with E-state index in [4.69, 9.17) is 34.1 Å². The average Bonchev–Trinajstić information content (AvgIpc) is 2.78. The van der Waals surface area contributed by atoms with E-state index in [1.165, 1.54) is 30.3 Å². The first-order valence-corrected chi connectivity index (χ1v) is 8.44. The van der Waals surface area contributed by atoms with Crippen molar-refractivity contribution >= 4 is 56.1 Å². The molecule has 112 valence electrons. The minimum atomic E-state index is -3.83. The smallest absolute Gasteiger partial charge is 0.264 e. The number of sulfonamides is 1. The van der Waals surface area contributed by atoms with Crippen LogP contribution in [0, 0.1) is 0 Å². The van der Waals surface area contributed by atoms with Crippen molar-refractivity contribution in [1.82, 2.24) is 0 Å². The zero-order valence-corrected chi connectivity index (χ0v) is 13.4. The predicted octanol–water partition coefficient (Wildman–Crippen LogP) is 2.95. The van der Waals surface area contributed by atoms with Crippen molar-refractivity contribution in [3.8, 4) is 0 Å². The minimum Gasteiger partial charge on any atom is -0.409 e. The van der Waals surface area contributed by atoms with E-state index < -0.39 is 10.0 Å². The number of nitrogens with one attached hydrogen (secondary N) is 1. The van der Waals surface area contributed by atoms with Gasteiger partial charge in [-0.1, -0.05) is 28.4 Å². The lowest BCUT2D eigenvalue weighted by atomic mass is 10.2. The van der Waals surface area contributed by atoms with Gasteiger partial charge in [-0.3, -0.25) is 4.72 Å². The van der Waals surface area contributed by atoms with Gasteiger partial charge in [-0.2, -0.15) is 0 Å². The highest BCUT2D eigenvalue weighted by Gasteiger charge is 2.21. The monoisotopic (exact) mass is 365 g/mol. The Bertz CT molecular complexity index is 786. The number of benzene rings is 1. The maximum atomic E-state index is 12.2. The molecule has 1 heterocycles. The summed E-state index contributed by atoms with van der Waals surface area (Å²) in [5.41, 5.74) is 6.18. The number of nitrogens with two attached hydrogens (primary N) is 1. The lowest BCUT2D eigenvalue weighted by Gasteiger charge is -2.07. The maximum absolute atomic E-state index is 12.2. The van der Waals surface area contributed by atoms with Gasteiger partial charge in [0, 0.05) is 11.3 Å². The quantitative estimate of drug-likeness (QED) is 0.335. The van der Waals surface area contributed by atoms with Crippen molar-refractivity contribution in [3.63, 3.8) is 0 Å². The van der Waals surface area contributed by atoms with Crippen LogP contribution in [0.4, 0.5) is 5.69 Å². The second kappa shape index (κ2) is 6.10. The van der Waals surface area contributed by atoms with Gasteiger partial charge in [0.05, 0.1) is 4.34 Å². The number of rotatable bonds is 4. The van der Waals surface area contributed by atoms with Crippen LogP contribution in [0.5, 0.6) is 0 Å². The Morgan fingerprint density at radius 3 is 2.38 bits per heavy atom. The van der Waals surface area contributed by atoms with Crippen LogP contribution in [0.15, 0.2) is 40.4 Å². The summed E-state index contributed by atoms with van der Waals surface area (Å²) in [5.74, 6) is -0.0722. The largest absolute Gasteiger partial charge is 0.409 e. The molecule has 0 spiro atoms. The topological polar surface area (TPSA) is 105 Å². The normalized spacial score (nSPS) is 12.4. The standard InChI is InChI=1S/C11H9Cl2N3O3S2/c12-9-5-8(10(13)20-9)21(18,19)16-7-3-1-6(2-4-7)11(14)15-17/h1-5,16-17H,(H2,14,15). The molecule has 0 aliphatic heterocycles. The van der Waals surface area contributed by atoms with Gasteiger partial charge in [0.2, 0.25) is 0 Å². The fourth-order valence-corrected chi connectivity index (χ4v) is 4.69. The van der Waals surface area contributed by atoms with E-state index in [1.54, 1.807) is 0 Å². The van der Waals surface area contributed by atoms with Gasteiger partial charge in [0.15, 0.2) is 5.84 Å². The predicted molar refractivity (Wildman–Crippen MR) is 84.1 cm³/mol. The molecule has 0 radical (unpaired) electrons. The van der Waals surface area contributed by atoms with Crippen LogP contribution >= 0.6 is 34.5 Å². The molecule has 0 aliphatic rings. The lowest BCUT2D eigenvalue weighted by Crippen LogP contribution is -2.14. The number of thiophene rings is 1. The molecule has 1 aromatic carbocycles. The Morgan fingerprint density at radius 1 is 1.29 bits per heavy atom. The summed E-state index contributed by atoms with van der Waals surface area (Å²) in [7, 11) is -3.83. The van der Waals surface area contributed by atoms with E-state index in [9.17, 15) is 8.42 Å². The molecule has 0 amide bonds. The highest BCUT2D eigenvalue weighted by molar-refractivity contribution is 7.93. The summed E-state index contributed by atoms with van der Waals surface area (Å²) in [6.45, 7) is 0. The average molecular weight is 366 g/mol. The van der Waals surface area contributed by atoms with Crippen LogP contribution in [0.1, 0.15) is 5.56 Å². The van der Waals surface area contributed by atoms with Crippen molar-refractivity contribution in [3.05, 3.63) is 44.6 Å². The number of anilines is 1. The Hall–Kier alpha value is -1.48. The zero-order valence-electron chi connectivity index (χ0n) is 10.2. The van der Waals surface area contributed by atoms with Gasteiger partial charge < -0.3 is 10.9 Å². The van der Waals surface area contributed by atoms with Crippen molar-refractivity contribution < 1.29 is 13.6 Å². The first kappa shape index (κ1) is 15.9. The number of oxime groups is 1. The number of hydrogen-bond donors (Lipinski definition) is 3. The van der Waals surface area contributed by atoms with Crippen LogP contribution in [-0.4, -0.2) is 19.5 Å². The molecule has 0 fully saturated rings. The SMILES string of the molecule is N/C(=N/O)c1ccc(NS(=O)(=O)c2cc(Cl)sc2Cl)cc1. The molecule has 1 aromatic heterocycles. The molecule has 0 saturated carbocycles. The van der Waals surface area contributed by atoms with Crippen LogP contribution in [-0.2, 0) is 10.0 Å². The number of amidine groups is 1. The molecule has 0 aliphatic carbocycles. The molecule has 2 rings (SSSR count). The summed E-state index contributed by atoms with van der Waals surface area (Å²) >= 11 is 12.5. The van der Waals surface area contributed by atoms with Crippen molar-refractivity contribution in [1.29, 1.82) is 0 Å². The van der Waals surface area contributed by atoms with E-state index in [-0.39, 0.29) is 19.4 Å². The molecule has 0 bridgehead atoms. The van der Waals surface area contributed by atoms with Gasteiger partial charge in [-0.15, -0.1) is 11.3 Å². The van der Waals surface area contributed by atoms with Crippen molar-refractivity contribution in [2.24, 2.45) is 10.9 Å². The fourth-order valence-electron chi connectivity index (χ4n) is 1.49. The maximum Gasteiger partial charge on any atom is 0.264 e. The van der Waals surface area contributed by atoms with Gasteiger partial charge in [0.1, 0.15) is 9.23 Å². The second-order valence-corrected chi connectivity index (χ2v) is 7.79. The van der Waals surface area contributed by atoms with Crippen LogP contribution < -0.4 is 10.5 Å². The molecule has 0 saturated heterocycles. The van der Waals surface area contributed by atoms with Crippen LogP contribution in [0.25, 0.3) is 0 Å². The lowest BCUT2D eigenvalue weighted by molar-refractivity contribution is 0.318. The van der Waals surface area contributed by atoms with Crippen molar-refractivity contribution in [2.45, 2.75) is 4.90 Å². The molecule has 0 unspecified atom stereocenters. The van der Waals surface area contributed by atoms with E-state index in [1.807, 2.05) is 0 Å². The number of nitrogens with zero attached hydrogens (tertiary/aromatic N) is 1. The molecule has 2 aromatic rings. The molecule has 6 nitrogen and oxygen atoms in total. The minimum absolute atomic E-state index is 0.0722. The van der Waals surface area contributed by atoms with Gasteiger partial charge in [-0.05, 0) is 30.3 Å². The van der Waals surface area contributed by atoms with Crippen LogP contribution in [0.2, 0.25) is 8.67 Å². The van der Waals surface area contributed by atoms with E-state index in [2.05, 4.69) is 9.88 Å². The third kappa shape index (κ3) is 3.59. The Morgan fingerprint density at radius 2 is 1.90 bits per heavy atom. The van der Waals surface area contributed by atoms with Gasteiger partial charge in [-0.25, -0.2) is 8.42 Å². The summed E-state index contributed by atoms with van der Waals surface area (Å²) in [4.78, 5) is -0.0836. The number of hydrogen-bond acceptors (Lipinski definition) is 5. The molecular weight excluding hydrogens is 357 g/mol. The third-order valence-electron chi connectivity index (χ3n) is 2.46. The van der Waals surface area contributed by atoms with E-state index >= 15 is 0 Å². The molecule has 21 heavy (non-hydrogen) atoms.